The van der Waals surface area contributed by atoms with Crippen molar-refractivity contribution in [2.75, 3.05) is 0 Å². The molecule has 1 aromatic heterocycles. The maximum absolute atomic E-state index is 11.7. The Morgan fingerprint density at radius 3 is 2.42 bits per heavy atom. The first-order valence-electron chi connectivity index (χ1n) is 5.98. The van der Waals surface area contributed by atoms with Crippen LogP contribution in [0.2, 0.25) is 0 Å². The van der Waals surface area contributed by atoms with E-state index < -0.39 is 5.97 Å². The van der Waals surface area contributed by atoms with E-state index in [1.165, 1.54) is 6.07 Å². The van der Waals surface area contributed by atoms with Gasteiger partial charge in [0.25, 0.3) is 0 Å². The summed E-state index contributed by atoms with van der Waals surface area (Å²) in [5.41, 5.74) is 2.90. The number of carboxylic acid groups (broad SMARTS) is 1. The van der Waals surface area contributed by atoms with Gasteiger partial charge in [-0.25, -0.2) is 0 Å². The molecule has 0 atom stereocenters. The Kier molecular flexibility index (Phi) is 3.51. The van der Waals surface area contributed by atoms with E-state index in [0.29, 0.717) is 5.56 Å². The minimum atomic E-state index is -1.00. The fraction of sp³-hybridized carbons (Fsp3) is 0.200. The fourth-order valence-corrected chi connectivity index (χ4v) is 1.95. The molecule has 4 heteroatoms. The van der Waals surface area contributed by atoms with Crippen molar-refractivity contribution in [1.29, 1.82) is 0 Å². The molecule has 0 aliphatic carbocycles. The van der Waals surface area contributed by atoms with Crippen molar-refractivity contribution in [1.82, 2.24) is 4.57 Å². The van der Waals surface area contributed by atoms with Gasteiger partial charge in [-0.2, -0.15) is 0 Å². The summed E-state index contributed by atoms with van der Waals surface area (Å²) in [6, 6.07) is 9.31. The van der Waals surface area contributed by atoms with Crippen LogP contribution in [0.15, 0.2) is 41.3 Å². The number of aryl methyl sites for hydroxylation is 2. The molecular formula is C15H15NO3. The summed E-state index contributed by atoms with van der Waals surface area (Å²) in [5.74, 6) is -1.00. The number of rotatable bonds is 3. The van der Waals surface area contributed by atoms with Crippen LogP contribution in [0, 0.1) is 13.8 Å². The zero-order chi connectivity index (χ0) is 14.0. The van der Waals surface area contributed by atoms with Crippen molar-refractivity contribution >= 4 is 5.97 Å². The molecule has 0 unspecified atom stereocenters. The Balaban J connectivity index is 2.54. The monoisotopic (exact) mass is 257 g/mol. The minimum Gasteiger partial charge on any atom is -0.481 e. The van der Waals surface area contributed by atoms with Gasteiger partial charge in [-0.3, -0.25) is 9.59 Å². The second-order valence-electron chi connectivity index (χ2n) is 4.58. The Morgan fingerprint density at radius 2 is 1.84 bits per heavy atom. The summed E-state index contributed by atoms with van der Waals surface area (Å²) in [6.07, 6.45) is 1.35. The van der Waals surface area contributed by atoms with E-state index in [9.17, 15) is 9.59 Å². The lowest BCUT2D eigenvalue weighted by atomic mass is 10.1. The zero-order valence-corrected chi connectivity index (χ0v) is 10.9. The highest BCUT2D eigenvalue weighted by Crippen LogP contribution is 2.12. The maximum Gasteiger partial charge on any atom is 0.308 e. The Hall–Kier alpha value is -2.36. The molecule has 0 fully saturated rings. The van der Waals surface area contributed by atoms with E-state index >= 15 is 0 Å². The Labute approximate surface area is 110 Å². The van der Waals surface area contributed by atoms with Crippen LogP contribution >= 0.6 is 0 Å². The quantitative estimate of drug-likeness (QED) is 0.915. The highest BCUT2D eigenvalue weighted by atomic mass is 16.4. The molecule has 4 nitrogen and oxygen atoms in total. The van der Waals surface area contributed by atoms with E-state index in [-0.39, 0.29) is 11.8 Å². The predicted octanol–water partition coefficient (Wildman–Crippen LogP) is 2.08. The van der Waals surface area contributed by atoms with E-state index in [1.54, 1.807) is 6.20 Å². The molecule has 0 bridgehead atoms. The number of hydrogen-bond donors (Lipinski definition) is 1. The molecule has 1 aromatic carbocycles. The second kappa shape index (κ2) is 5.10. The van der Waals surface area contributed by atoms with Gasteiger partial charge in [-0.1, -0.05) is 17.7 Å². The van der Waals surface area contributed by atoms with Crippen molar-refractivity contribution in [3.8, 4) is 5.69 Å². The molecule has 2 rings (SSSR count). The molecule has 0 saturated heterocycles. The van der Waals surface area contributed by atoms with Crippen molar-refractivity contribution in [2.45, 2.75) is 20.3 Å². The van der Waals surface area contributed by atoms with Gasteiger partial charge < -0.3 is 9.67 Å². The van der Waals surface area contributed by atoms with Crippen LogP contribution in [0.1, 0.15) is 16.8 Å². The van der Waals surface area contributed by atoms with E-state index in [2.05, 4.69) is 0 Å². The van der Waals surface area contributed by atoms with E-state index in [4.69, 9.17) is 5.11 Å². The van der Waals surface area contributed by atoms with Crippen LogP contribution in [0.25, 0.3) is 5.69 Å². The molecule has 0 radical (unpaired) electrons. The van der Waals surface area contributed by atoms with Crippen molar-refractivity contribution in [3.05, 3.63) is 63.6 Å². The average molecular weight is 257 g/mol. The number of aromatic nitrogens is 1. The van der Waals surface area contributed by atoms with E-state index in [0.717, 1.165) is 16.9 Å². The Bertz CT molecular complexity index is 669. The highest BCUT2D eigenvalue weighted by molar-refractivity contribution is 5.70. The number of benzene rings is 1. The van der Waals surface area contributed by atoms with Crippen LogP contribution in [0.3, 0.4) is 0 Å². The number of nitrogens with zero attached hydrogens (tertiary/aromatic N) is 1. The number of aliphatic carboxylic acids is 1. The van der Waals surface area contributed by atoms with Gasteiger partial charge in [0.1, 0.15) is 0 Å². The number of carbonyl (C=O) groups is 1. The molecule has 19 heavy (non-hydrogen) atoms. The first-order chi connectivity index (χ1) is 8.97. The van der Waals surface area contributed by atoms with Gasteiger partial charge in [0.2, 0.25) is 0 Å². The highest BCUT2D eigenvalue weighted by Gasteiger charge is 2.08. The normalized spacial score (nSPS) is 10.4. The first-order valence-corrected chi connectivity index (χ1v) is 5.98. The van der Waals surface area contributed by atoms with Crippen LogP contribution in [-0.2, 0) is 11.2 Å². The molecule has 1 N–H and O–H groups in total. The number of pyridine rings is 1. The lowest BCUT2D eigenvalue weighted by Crippen LogP contribution is -2.17. The topological polar surface area (TPSA) is 59.3 Å². The summed E-state index contributed by atoms with van der Waals surface area (Å²) in [4.78, 5) is 22.5. The van der Waals surface area contributed by atoms with Gasteiger partial charge in [-0.05, 0) is 26.0 Å². The average Bonchev–Trinajstić information content (AvgIpc) is 2.33. The van der Waals surface area contributed by atoms with Gasteiger partial charge in [0, 0.05) is 29.2 Å². The lowest BCUT2D eigenvalue weighted by Gasteiger charge is -2.12. The first kappa shape index (κ1) is 13.1. The molecule has 0 aliphatic heterocycles. The zero-order valence-electron chi connectivity index (χ0n) is 10.9. The molecule has 2 aromatic rings. The standard InChI is InChI=1S/C15H15NO3/c1-10-3-5-13(6-4-10)16-9-12(8-15(18)19)14(17)7-11(16)2/h3-7,9H,8H2,1-2H3,(H,18,19). The third-order valence-electron chi connectivity index (χ3n) is 2.98. The third kappa shape index (κ3) is 2.91. The van der Waals surface area contributed by atoms with Crippen LogP contribution in [0.4, 0.5) is 0 Å². The SMILES string of the molecule is Cc1ccc(-n2cc(CC(=O)O)c(=O)cc2C)cc1. The van der Waals surface area contributed by atoms with Crippen molar-refractivity contribution in [2.24, 2.45) is 0 Å². The number of hydrogen-bond acceptors (Lipinski definition) is 2. The fourth-order valence-electron chi connectivity index (χ4n) is 1.95. The second-order valence-corrected chi connectivity index (χ2v) is 4.58. The molecule has 0 saturated carbocycles. The van der Waals surface area contributed by atoms with E-state index in [1.807, 2.05) is 42.7 Å². The summed E-state index contributed by atoms with van der Waals surface area (Å²) in [6.45, 7) is 3.82. The van der Waals surface area contributed by atoms with Gasteiger partial charge in [-0.15, -0.1) is 0 Å². The van der Waals surface area contributed by atoms with Crippen LogP contribution in [0.5, 0.6) is 0 Å². The Morgan fingerprint density at radius 1 is 1.21 bits per heavy atom. The van der Waals surface area contributed by atoms with Gasteiger partial charge >= 0.3 is 5.97 Å². The third-order valence-corrected chi connectivity index (χ3v) is 2.98. The molecule has 1 heterocycles. The summed E-state index contributed by atoms with van der Waals surface area (Å²) < 4.78 is 1.83. The summed E-state index contributed by atoms with van der Waals surface area (Å²) in [5, 5.41) is 8.81. The number of carboxylic acids is 1. The predicted molar refractivity (Wildman–Crippen MR) is 72.9 cm³/mol. The minimum absolute atomic E-state index is 0.233. The van der Waals surface area contributed by atoms with Crippen molar-refractivity contribution < 1.29 is 9.90 Å². The molecule has 98 valence electrons. The largest absolute Gasteiger partial charge is 0.481 e. The van der Waals surface area contributed by atoms with Gasteiger partial charge in [0.15, 0.2) is 5.43 Å². The van der Waals surface area contributed by atoms with Crippen LogP contribution in [-0.4, -0.2) is 15.6 Å². The van der Waals surface area contributed by atoms with Gasteiger partial charge in [0.05, 0.1) is 6.42 Å². The summed E-state index contributed by atoms with van der Waals surface area (Å²) >= 11 is 0. The molecule has 0 amide bonds. The summed E-state index contributed by atoms with van der Waals surface area (Å²) in [7, 11) is 0. The maximum atomic E-state index is 11.7. The molecule has 0 aliphatic rings. The smallest absolute Gasteiger partial charge is 0.308 e. The molecule has 0 spiro atoms. The lowest BCUT2D eigenvalue weighted by molar-refractivity contribution is -0.136. The molecular weight excluding hydrogens is 242 g/mol. The van der Waals surface area contributed by atoms with Crippen LogP contribution < -0.4 is 5.43 Å². The van der Waals surface area contributed by atoms with Crippen molar-refractivity contribution in [3.63, 3.8) is 0 Å².